The highest BCUT2D eigenvalue weighted by atomic mass is 19.1. The number of hydrogen-bond acceptors (Lipinski definition) is 2. The topological polar surface area (TPSA) is 41.1 Å². The van der Waals surface area contributed by atoms with Gasteiger partial charge in [0.05, 0.1) is 0 Å². The maximum absolute atomic E-state index is 13.4. The summed E-state index contributed by atoms with van der Waals surface area (Å²) >= 11 is 0. The van der Waals surface area contributed by atoms with Gasteiger partial charge in [0.25, 0.3) is 0 Å². The highest BCUT2D eigenvalue weighted by molar-refractivity contribution is 5.76. The van der Waals surface area contributed by atoms with Gasteiger partial charge in [0.15, 0.2) is 0 Å². The Morgan fingerprint density at radius 3 is 2.48 bits per heavy atom. The first kappa shape index (κ1) is 17.2. The van der Waals surface area contributed by atoms with Crippen LogP contribution in [0.25, 0.3) is 0 Å². The fraction of sp³-hybridized carbons (Fsp3) is 0.316. The van der Waals surface area contributed by atoms with Gasteiger partial charge in [-0.3, -0.25) is 4.79 Å². The molecule has 4 heteroatoms. The van der Waals surface area contributed by atoms with Gasteiger partial charge < -0.3 is 10.6 Å². The Kier molecular flexibility index (Phi) is 7.27. The molecule has 2 aromatic rings. The molecule has 0 saturated heterocycles. The largest absolute Gasteiger partial charge is 0.352 e. The second kappa shape index (κ2) is 9.74. The molecule has 0 atom stereocenters. The van der Waals surface area contributed by atoms with E-state index < -0.39 is 0 Å². The van der Waals surface area contributed by atoms with E-state index >= 15 is 0 Å². The average Bonchev–Trinajstić information content (AvgIpc) is 2.58. The monoisotopic (exact) mass is 314 g/mol. The zero-order valence-corrected chi connectivity index (χ0v) is 13.2. The molecule has 0 spiro atoms. The Morgan fingerprint density at radius 2 is 1.70 bits per heavy atom. The molecule has 0 radical (unpaired) electrons. The Bertz CT molecular complexity index is 601. The highest BCUT2D eigenvalue weighted by Gasteiger charge is 2.04. The lowest BCUT2D eigenvalue weighted by Gasteiger charge is -2.07. The third-order valence-corrected chi connectivity index (χ3v) is 3.62. The summed E-state index contributed by atoms with van der Waals surface area (Å²) in [5, 5.41) is 6.00. The number of nitrogens with one attached hydrogen (secondary N) is 2. The Morgan fingerprint density at radius 1 is 0.957 bits per heavy atom. The van der Waals surface area contributed by atoms with Crippen LogP contribution in [-0.4, -0.2) is 19.0 Å². The van der Waals surface area contributed by atoms with Gasteiger partial charge in [-0.25, -0.2) is 4.39 Å². The van der Waals surface area contributed by atoms with Gasteiger partial charge in [-0.05, 0) is 31.0 Å². The van der Waals surface area contributed by atoms with Crippen molar-refractivity contribution in [1.82, 2.24) is 10.6 Å². The minimum absolute atomic E-state index is 0.0659. The molecule has 3 nitrogen and oxygen atoms in total. The summed E-state index contributed by atoms with van der Waals surface area (Å²) in [4.78, 5) is 11.7. The lowest BCUT2D eigenvalue weighted by Crippen LogP contribution is -2.28. The fourth-order valence-electron chi connectivity index (χ4n) is 2.31. The van der Waals surface area contributed by atoms with Crippen molar-refractivity contribution in [2.24, 2.45) is 0 Å². The van der Waals surface area contributed by atoms with Gasteiger partial charge in [-0.1, -0.05) is 48.5 Å². The van der Waals surface area contributed by atoms with Gasteiger partial charge in [0.1, 0.15) is 5.82 Å². The summed E-state index contributed by atoms with van der Waals surface area (Å²) < 4.78 is 13.4. The second-order valence-electron chi connectivity index (χ2n) is 5.46. The van der Waals surface area contributed by atoms with Crippen molar-refractivity contribution in [3.63, 3.8) is 0 Å². The molecule has 0 fully saturated rings. The smallest absolute Gasteiger partial charge is 0.221 e. The van der Waals surface area contributed by atoms with Crippen molar-refractivity contribution < 1.29 is 9.18 Å². The predicted octanol–water partition coefficient (Wildman–Crippen LogP) is 3.05. The first-order valence-corrected chi connectivity index (χ1v) is 8.00. The van der Waals surface area contributed by atoms with E-state index in [1.54, 1.807) is 18.2 Å². The second-order valence-corrected chi connectivity index (χ2v) is 5.46. The van der Waals surface area contributed by atoms with E-state index in [1.807, 2.05) is 18.2 Å². The molecule has 0 aliphatic heterocycles. The minimum Gasteiger partial charge on any atom is -0.352 e. The van der Waals surface area contributed by atoms with Crippen LogP contribution in [0, 0.1) is 5.82 Å². The van der Waals surface area contributed by atoms with Crippen LogP contribution < -0.4 is 10.6 Å². The number of amides is 1. The Labute approximate surface area is 136 Å². The molecule has 2 aromatic carbocycles. The van der Waals surface area contributed by atoms with E-state index in [0.29, 0.717) is 18.5 Å². The summed E-state index contributed by atoms with van der Waals surface area (Å²) in [6, 6.07) is 16.8. The van der Waals surface area contributed by atoms with E-state index in [9.17, 15) is 9.18 Å². The van der Waals surface area contributed by atoms with Crippen LogP contribution in [-0.2, 0) is 17.8 Å². The van der Waals surface area contributed by atoms with E-state index in [0.717, 1.165) is 19.4 Å². The van der Waals surface area contributed by atoms with Crippen LogP contribution >= 0.6 is 0 Å². The zero-order chi connectivity index (χ0) is 16.3. The average molecular weight is 314 g/mol. The van der Waals surface area contributed by atoms with Crippen LogP contribution in [0.2, 0.25) is 0 Å². The highest BCUT2D eigenvalue weighted by Crippen LogP contribution is 2.05. The lowest BCUT2D eigenvalue weighted by atomic mass is 10.1. The number of rotatable bonds is 9. The van der Waals surface area contributed by atoms with Crippen LogP contribution in [0.4, 0.5) is 4.39 Å². The lowest BCUT2D eigenvalue weighted by molar-refractivity contribution is -0.121. The van der Waals surface area contributed by atoms with Crippen molar-refractivity contribution in [1.29, 1.82) is 0 Å². The van der Waals surface area contributed by atoms with Crippen LogP contribution in [0.3, 0.4) is 0 Å². The van der Waals surface area contributed by atoms with Crippen molar-refractivity contribution in [2.75, 3.05) is 13.1 Å². The number of hydrogen-bond donors (Lipinski definition) is 2. The first-order chi connectivity index (χ1) is 11.3. The van der Waals surface area contributed by atoms with Crippen molar-refractivity contribution >= 4 is 5.91 Å². The Balaban J connectivity index is 1.52. The van der Waals surface area contributed by atoms with Crippen molar-refractivity contribution in [3.8, 4) is 0 Å². The standard InChI is InChI=1S/C19H23FN2O/c20-18-11-5-4-10-17(18)15-22-19(23)12-14-21-13-6-9-16-7-2-1-3-8-16/h1-5,7-8,10-11,21H,6,9,12-15H2,(H,22,23). The van der Waals surface area contributed by atoms with Gasteiger partial charge in [-0.2, -0.15) is 0 Å². The quantitative estimate of drug-likeness (QED) is 0.699. The van der Waals surface area contributed by atoms with E-state index in [2.05, 4.69) is 22.8 Å². The third-order valence-electron chi connectivity index (χ3n) is 3.62. The van der Waals surface area contributed by atoms with E-state index in [4.69, 9.17) is 0 Å². The molecule has 0 bridgehead atoms. The summed E-state index contributed by atoms with van der Waals surface area (Å²) in [5.74, 6) is -0.351. The first-order valence-electron chi connectivity index (χ1n) is 8.00. The molecular weight excluding hydrogens is 291 g/mol. The molecule has 0 aliphatic carbocycles. The maximum atomic E-state index is 13.4. The molecular formula is C19H23FN2O. The molecule has 0 heterocycles. The molecule has 2 rings (SSSR count). The van der Waals surface area contributed by atoms with Gasteiger partial charge in [0.2, 0.25) is 5.91 Å². The van der Waals surface area contributed by atoms with E-state index in [1.165, 1.54) is 11.6 Å². The molecule has 122 valence electrons. The SMILES string of the molecule is O=C(CCNCCCc1ccccc1)NCc1ccccc1F. The summed E-state index contributed by atoms with van der Waals surface area (Å²) in [5.41, 5.74) is 1.84. The number of carbonyl (C=O) groups is 1. The van der Waals surface area contributed by atoms with Crippen molar-refractivity contribution in [2.45, 2.75) is 25.8 Å². The zero-order valence-electron chi connectivity index (χ0n) is 13.2. The number of benzene rings is 2. The molecule has 0 saturated carbocycles. The number of aryl methyl sites for hydroxylation is 1. The summed E-state index contributed by atoms with van der Waals surface area (Å²) in [7, 11) is 0. The summed E-state index contributed by atoms with van der Waals surface area (Å²) in [6.45, 7) is 1.76. The number of carbonyl (C=O) groups excluding carboxylic acids is 1. The fourth-order valence-corrected chi connectivity index (χ4v) is 2.31. The van der Waals surface area contributed by atoms with Gasteiger partial charge in [-0.15, -0.1) is 0 Å². The van der Waals surface area contributed by atoms with Crippen LogP contribution in [0.1, 0.15) is 24.0 Å². The van der Waals surface area contributed by atoms with E-state index in [-0.39, 0.29) is 18.3 Å². The summed E-state index contributed by atoms with van der Waals surface area (Å²) in [6.07, 6.45) is 2.48. The van der Waals surface area contributed by atoms with Crippen LogP contribution in [0.15, 0.2) is 54.6 Å². The molecule has 0 aliphatic rings. The molecule has 0 unspecified atom stereocenters. The normalized spacial score (nSPS) is 10.5. The molecule has 0 aromatic heterocycles. The molecule has 2 N–H and O–H groups in total. The number of halogens is 1. The Hall–Kier alpha value is -2.20. The third kappa shape index (κ3) is 6.61. The van der Waals surface area contributed by atoms with Gasteiger partial charge in [0, 0.05) is 25.1 Å². The maximum Gasteiger partial charge on any atom is 0.221 e. The van der Waals surface area contributed by atoms with Gasteiger partial charge >= 0.3 is 0 Å². The molecule has 23 heavy (non-hydrogen) atoms. The van der Waals surface area contributed by atoms with Crippen molar-refractivity contribution in [3.05, 3.63) is 71.5 Å². The minimum atomic E-state index is -0.285. The predicted molar refractivity (Wildman–Crippen MR) is 90.5 cm³/mol. The van der Waals surface area contributed by atoms with Crippen LogP contribution in [0.5, 0.6) is 0 Å². The molecule has 1 amide bonds.